The molecule has 0 aliphatic heterocycles. The average molecular weight is 388 g/mol. The molecule has 3 N–H and O–H groups in total. The van der Waals surface area contributed by atoms with Gasteiger partial charge in [-0.15, -0.1) is 24.0 Å². The van der Waals surface area contributed by atoms with Gasteiger partial charge in [-0.2, -0.15) is 0 Å². The van der Waals surface area contributed by atoms with Gasteiger partial charge in [0.1, 0.15) is 0 Å². The lowest BCUT2D eigenvalue weighted by atomic mass is 10.2. The van der Waals surface area contributed by atoms with Gasteiger partial charge in [0.2, 0.25) is 0 Å². The van der Waals surface area contributed by atoms with E-state index >= 15 is 0 Å². The van der Waals surface area contributed by atoms with Crippen molar-refractivity contribution < 1.29 is 4.74 Å². The summed E-state index contributed by atoms with van der Waals surface area (Å²) in [4.78, 5) is 7.53. The highest BCUT2D eigenvalue weighted by Crippen LogP contribution is 2.14. The maximum absolute atomic E-state index is 4.99. The lowest BCUT2D eigenvalue weighted by Crippen LogP contribution is -2.38. The maximum Gasteiger partial charge on any atom is 0.191 e. The minimum Gasteiger partial charge on any atom is -0.383 e. The van der Waals surface area contributed by atoms with Gasteiger partial charge in [-0.1, -0.05) is 18.2 Å². The van der Waals surface area contributed by atoms with E-state index in [0.717, 1.165) is 23.7 Å². The standard InChI is InChI=1S/C14H20N4O.HI/c1-15-14(16-7-8-19-2)17-10-12-9-11-5-3-4-6-13(11)18-12;/h3-6,9,18H,7-8,10H2,1-2H3,(H2,15,16,17);1H. The quantitative estimate of drug-likeness (QED) is 0.318. The number of H-pyrrole nitrogens is 1. The summed E-state index contributed by atoms with van der Waals surface area (Å²) >= 11 is 0. The van der Waals surface area contributed by atoms with Gasteiger partial charge in [-0.05, 0) is 17.5 Å². The van der Waals surface area contributed by atoms with Crippen molar-refractivity contribution in [3.63, 3.8) is 0 Å². The van der Waals surface area contributed by atoms with E-state index in [1.165, 1.54) is 5.39 Å². The first-order valence-electron chi connectivity index (χ1n) is 6.33. The van der Waals surface area contributed by atoms with Gasteiger partial charge in [0, 0.05) is 31.9 Å². The van der Waals surface area contributed by atoms with Crippen LogP contribution in [0, 0.1) is 0 Å². The van der Waals surface area contributed by atoms with Crippen LogP contribution in [-0.4, -0.2) is 38.3 Å². The monoisotopic (exact) mass is 388 g/mol. The molecule has 0 atom stereocenters. The van der Waals surface area contributed by atoms with Crippen LogP contribution < -0.4 is 10.6 Å². The molecule has 2 rings (SSSR count). The topological polar surface area (TPSA) is 61.4 Å². The van der Waals surface area contributed by atoms with Crippen LogP contribution >= 0.6 is 24.0 Å². The first-order chi connectivity index (χ1) is 9.33. The van der Waals surface area contributed by atoms with Crippen LogP contribution in [0.2, 0.25) is 0 Å². The molecule has 0 radical (unpaired) electrons. The van der Waals surface area contributed by atoms with Gasteiger partial charge < -0.3 is 20.4 Å². The fraction of sp³-hybridized carbons (Fsp3) is 0.357. The molecule has 0 bridgehead atoms. The Morgan fingerprint density at radius 1 is 1.30 bits per heavy atom. The van der Waals surface area contributed by atoms with Crippen molar-refractivity contribution in [2.24, 2.45) is 4.99 Å². The Balaban J connectivity index is 0.00000200. The molecule has 1 heterocycles. The second-order valence-corrected chi connectivity index (χ2v) is 4.23. The SMILES string of the molecule is CN=C(NCCOC)NCc1cc2ccccc2[nH]1.I. The number of rotatable bonds is 5. The zero-order valence-corrected chi connectivity index (χ0v) is 14.1. The summed E-state index contributed by atoms with van der Waals surface area (Å²) in [6.45, 7) is 2.11. The molecule has 0 saturated carbocycles. The summed E-state index contributed by atoms with van der Waals surface area (Å²) < 4.78 is 4.99. The Morgan fingerprint density at radius 3 is 2.80 bits per heavy atom. The summed E-state index contributed by atoms with van der Waals surface area (Å²) in [5.74, 6) is 0.774. The second kappa shape index (κ2) is 8.80. The number of hydrogen-bond acceptors (Lipinski definition) is 2. The Labute approximate surface area is 136 Å². The number of nitrogens with one attached hydrogen (secondary N) is 3. The fourth-order valence-electron chi connectivity index (χ4n) is 1.90. The Morgan fingerprint density at radius 2 is 2.10 bits per heavy atom. The summed E-state index contributed by atoms with van der Waals surface area (Å²) in [7, 11) is 3.44. The average Bonchev–Trinajstić information content (AvgIpc) is 2.85. The van der Waals surface area contributed by atoms with Crippen molar-refractivity contribution in [2.45, 2.75) is 6.54 Å². The molecule has 5 nitrogen and oxygen atoms in total. The largest absolute Gasteiger partial charge is 0.383 e. The van der Waals surface area contributed by atoms with Crippen molar-refractivity contribution in [1.82, 2.24) is 15.6 Å². The summed E-state index contributed by atoms with van der Waals surface area (Å²) in [5.41, 5.74) is 2.29. The van der Waals surface area contributed by atoms with Gasteiger partial charge in [0.05, 0.1) is 13.2 Å². The lowest BCUT2D eigenvalue weighted by molar-refractivity contribution is 0.203. The van der Waals surface area contributed by atoms with Crippen LogP contribution in [0.1, 0.15) is 5.69 Å². The van der Waals surface area contributed by atoms with E-state index in [0.29, 0.717) is 13.2 Å². The molecule has 0 amide bonds. The number of nitrogens with zero attached hydrogens (tertiary/aromatic N) is 1. The zero-order chi connectivity index (χ0) is 13.5. The number of aromatic nitrogens is 1. The number of aromatic amines is 1. The molecular formula is C14H21IN4O. The first-order valence-corrected chi connectivity index (χ1v) is 6.33. The van der Waals surface area contributed by atoms with E-state index < -0.39 is 0 Å². The molecule has 6 heteroatoms. The fourth-order valence-corrected chi connectivity index (χ4v) is 1.90. The third-order valence-corrected chi connectivity index (χ3v) is 2.85. The summed E-state index contributed by atoms with van der Waals surface area (Å²) in [6.07, 6.45) is 0. The van der Waals surface area contributed by atoms with Crippen LogP contribution in [0.3, 0.4) is 0 Å². The maximum atomic E-state index is 4.99. The highest BCUT2D eigenvalue weighted by atomic mass is 127. The van der Waals surface area contributed by atoms with Crippen molar-refractivity contribution in [2.75, 3.05) is 27.3 Å². The van der Waals surface area contributed by atoms with Crippen molar-refractivity contribution in [3.8, 4) is 0 Å². The number of methoxy groups -OCH3 is 1. The van der Waals surface area contributed by atoms with E-state index in [-0.39, 0.29) is 24.0 Å². The van der Waals surface area contributed by atoms with Gasteiger partial charge in [0.15, 0.2) is 5.96 Å². The van der Waals surface area contributed by atoms with Crippen molar-refractivity contribution >= 4 is 40.8 Å². The molecule has 0 aliphatic rings. The molecular weight excluding hydrogens is 367 g/mol. The van der Waals surface area contributed by atoms with Crippen molar-refractivity contribution in [1.29, 1.82) is 0 Å². The normalized spacial score (nSPS) is 11.2. The molecule has 0 fully saturated rings. The van der Waals surface area contributed by atoms with Crippen molar-refractivity contribution in [3.05, 3.63) is 36.0 Å². The van der Waals surface area contributed by atoms with Crippen LogP contribution in [0.4, 0.5) is 0 Å². The molecule has 110 valence electrons. The number of fused-ring (bicyclic) bond motifs is 1. The predicted molar refractivity (Wildman–Crippen MR) is 93.8 cm³/mol. The third-order valence-electron chi connectivity index (χ3n) is 2.85. The number of guanidine groups is 1. The number of aliphatic imine (C=N–C) groups is 1. The summed E-state index contributed by atoms with van der Waals surface area (Å²) in [6, 6.07) is 10.4. The van der Waals surface area contributed by atoms with Gasteiger partial charge in [0.25, 0.3) is 0 Å². The minimum atomic E-state index is 0. The van der Waals surface area contributed by atoms with E-state index in [1.807, 2.05) is 12.1 Å². The number of para-hydroxylation sites is 1. The Hall–Kier alpha value is -1.28. The van der Waals surface area contributed by atoms with E-state index in [2.05, 4.69) is 38.8 Å². The first kappa shape index (κ1) is 16.8. The van der Waals surface area contributed by atoms with Gasteiger partial charge >= 0.3 is 0 Å². The molecule has 2 aromatic rings. The second-order valence-electron chi connectivity index (χ2n) is 4.23. The molecule has 0 saturated heterocycles. The third kappa shape index (κ3) is 4.68. The number of ether oxygens (including phenoxy) is 1. The number of benzene rings is 1. The lowest BCUT2D eigenvalue weighted by Gasteiger charge is -2.10. The van der Waals surface area contributed by atoms with Crippen LogP contribution in [0.5, 0.6) is 0 Å². The predicted octanol–water partition coefficient (Wildman–Crippen LogP) is 2.10. The van der Waals surface area contributed by atoms with Gasteiger partial charge in [-0.25, -0.2) is 0 Å². The molecule has 0 aliphatic carbocycles. The molecule has 1 aromatic carbocycles. The van der Waals surface area contributed by atoms with E-state index in [1.54, 1.807) is 14.2 Å². The molecule has 0 spiro atoms. The molecule has 0 unspecified atom stereocenters. The van der Waals surface area contributed by atoms with Crippen LogP contribution in [-0.2, 0) is 11.3 Å². The highest BCUT2D eigenvalue weighted by Gasteiger charge is 2.01. The van der Waals surface area contributed by atoms with E-state index in [9.17, 15) is 0 Å². The van der Waals surface area contributed by atoms with Gasteiger partial charge in [-0.3, -0.25) is 4.99 Å². The van der Waals surface area contributed by atoms with Crippen LogP contribution in [0.25, 0.3) is 10.9 Å². The summed E-state index contributed by atoms with van der Waals surface area (Å²) in [5, 5.41) is 7.66. The number of halogens is 1. The minimum absolute atomic E-state index is 0. The van der Waals surface area contributed by atoms with E-state index in [4.69, 9.17) is 4.74 Å². The zero-order valence-electron chi connectivity index (χ0n) is 11.8. The Kier molecular flexibility index (Phi) is 7.38. The molecule has 1 aromatic heterocycles. The smallest absolute Gasteiger partial charge is 0.191 e. The van der Waals surface area contributed by atoms with Crippen LogP contribution in [0.15, 0.2) is 35.3 Å². The highest BCUT2D eigenvalue weighted by molar-refractivity contribution is 14.0. The molecule has 20 heavy (non-hydrogen) atoms. The Bertz CT molecular complexity index is 520. The number of hydrogen-bond donors (Lipinski definition) is 3.